The second-order valence-electron chi connectivity index (χ2n) is 5.72. The maximum absolute atomic E-state index is 6.38. The Morgan fingerprint density at radius 1 is 1.12 bits per heavy atom. The van der Waals surface area contributed by atoms with Gasteiger partial charge in [0.25, 0.3) is 0 Å². The highest BCUT2D eigenvalue weighted by Crippen LogP contribution is 2.36. The molecule has 1 aromatic heterocycles. The summed E-state index contributed by atoms with van der Waals surface area (Å²) in [7, 11) is 0. The lowest BCUT2D eigenvalue weighted by molar-refractivity contribution is 0.624. The number of benzene rings is 2. The molecular formula is C19H17BrCl2N2S. The summed E-state index contributed by atoms with van der Waals surface area (Å²) in [5.41, 5.74) is 1.33. The molecule has 25 heavy (non-hydrogen) atoms. The lowest BCUT2D eigenvalue weighted by Crippen LogP contribution is -2.13. The molecule has 0 radical (unpaired) electrons. The molecule has 0 saturated carbocycles. The Bertz CT molecular complexity index is 807. The third-order valence-electron chi connectivity index (χ3n) is 3.85. The SMILES string of the molecule is Clc1cccc(SC(CCc2ccc(Br)cc2)Cn2ccnc2)c1Cl. The smallest absolute Gasteiger partial charge is 0.0946 e. The van der Waals surface area contributed by atoms with Gasteiger partial charge in [0.1, 0.15) is 0 Å². The second kappa shape index (κ2) is 9.13. The largest absolute Gasteiger partial charge is 0.336 e. The van der Waals surface area contributed by atoms with Gasteiger partial charge in [-0.25, -0.2) is 4.98 Å². The maximum Gasteiger partial charge on any atom is 0.0946 e. The maximum atomic E-state index is 6.38. The molecule has 1 atom stereocenters. The van der Waals surface area contributed by atoms with Gasteiger partial charge in [0.05, 0.1) is 16.4 Å². The molecule has 1 unspecified atom stereocenters. The van der Waals surface area contributed by atoms with E-state index < -0.39 is 0 Å². The molecule has 0 N–H and O–H groups in total. The van der Waals surface area contributed by atoms with Crippen molar-refractivity contribution in [3.63, 3.8) is 0 Å². The Morgan fingerprint density at radius 2 is 1.92 bits per heavy atom. The van der Waals surface area contributed by atoms with Crippen LogP contribution in [-0.2, 0) is 13.0 Å². The molecule has 2 aromatic carbocycles. The summed E-state index contributed by atoms with van der Waals surface area (Å²) in [5.74, 6) is 0. The van der Waals surface area contributed by atoms with Crippen LogP contribution >= 0.6 is 50.9 Å². The first kappa shape index (κ1) is 18.8. The van der Waals surface area contributed by atoms with E-state index in [9.17, 15) is 0 Å². The fraction of sp³-hybridized carbons (Fsp3) is 0.211. The van der Waals surface area contributed by atoms with Crippen molar-refractivity contribution in [2.45, 2.75) is 29.5 Å². The van der Waals surface area contributed by atoms with Gasteiger partial charge in [-0.3, -0.25) is 0 Å². The van der Waals surface area contributed by atoms with Crippen molar-refractivity contribution in [1.29, 1.82) is 0 Å². The van der Waals surface area contributed by atoms with E-state index >= 15 is 0 Å². The van der Waals surface area contributed by atoms with E-state index in [1.165, 1.54) is 5.56 Å². The van der Waals surface area contributed by atoms with Crippen molar-refractivity contribution >= 4 is 50.9 Å². The second-order valence-corrected chi connectivity index (χ2v) is 8.76. The van der Waals surface area contributed by atoms with Crippen LogP contribution in [0.4, 0.5) is 0 Å². The average Bonchev–Trinajstić information content (AvgIpc) is 3.11. The quantitative estimate of drug-likeness (QED) is 0.367. The molecule has 2 nitrogen and oxygen atoms in total. The van der Waals surface area contributed by atoms with Crippen LogP contribution in [0.3, 0.4) is 0 Å². The molecule has 0 saturated heterocycles. The number of nitrogens with zero attached hydrogens (tertiary/aromatic N) is 2. The molecule has 3 aromatic rings. The van der Waals surface area contributed by atoms with Gasteiger partial charge in [0, 0.05) is 33.6 Å². The number of hydrogen-bond acceptors (Lipinski definition) is 2. The standard InChI is InChI=1S/C19H17BrCl2N2S/c20-15-7-4-14(5-8-15)6-9-16(12-24-11-10-23-13-24)25-18-3-1-2-17(21)19(18)22/h1-5,7-8,10-11,13,16H,6,9,12H2. The van der Waals surface area contributed by atoms with Gasteiger partial charge in [0.15, 0.2) is 0 Å². The van der Waals surface area contributed by atoms with Gasteiger partial charge < -0.3 is 4.57 Å². The molecule has 0 aliphatic heterocycles. The van der Waals surface area contributed by atoms with Gasteiger partial charge in [-0.05, 0) is 42.7 Å². The Morgan fingerprint density at radius 3 is 2.64 bits per heavy atom. The van der Waals surface area contributed by atoms with Crippen molar-refractivity contribution in [2.75, 3.05) is 0 Å². The van der Waals surface area contributed by atoms with Crippen LogP contribution in [0.2, 0.25) is 10.0 Å². The highest BCUT2D eigenvalue weighted by molar-refractivity contribution is 9.10. The molecule has 130 valence electrons. The minimum Gasteiger partial charge on any atom is -0.336 e. The highest BCUT2D eigenvalue weighted by atomic mass is 79.9. The summed E-state index contributed by atoms with van der Waals surface area (Å²) in [6, 6.07) is 14.3. The Balaban J connectivity index is 1.72. The molecule has 0 aliphatic rings. The number of aryl methyl sites for hydroxylation is 1. The number of thioether (sulfide) groups is 1. The molecule has 1 heterocycles. The van der Waals surface area contributed by atoms with E-state index in [4.69, 9.17) is 23.2 Å². The first-order chi connectivity index (χ1) is 12.1. The predicted octanol–water partition coefficient (Wildman–Crippen LogP) is 6.75. The fourth-order valence-corrected chi connectivity index (χ4v) is 4.52. The zero-order chi connectivity index (χ0) is 17.6. The summed E-state index contributed by atoms with van der Waals surface area (Å²) < 4.78 is 3.21. The van der Waals surface area contributed by atoms with Crippen molar-refractivity contribution in [2.24, 2.45) is 0 Å². The monoisotopic (exact) mass is 454 g/mol. The summed E-state index contributed by atoms with van der Waals surface area (Å²) >= 11 is 17.8. The summed E-state index contributed by atoms with van der Waals surface area (Å²) in [5, 5.41) is 1.60. The van der Waals surface area contributed by atoms with E-state index in [0.29, 0.717) is 15.3 Å². The highest BCUT2D eigenvalue weighted by Gasteiger charge is 2.15. The van der Waals surface area contributed by atoms with Crippen LogP contribution in [0.5, 0.6) is 0 Å². The third kappa shape index (κ3) is 5.52. The number of aromatic nitrogens is 2. The van der Waals surface area contributed by atoms with Crippen molar-refractivity contribution in [3.05, 3.63) is 81.3 Å². The predicted molar refractivity (Wildman–Crippen MR) is 111 cm³/mol. The number of rotatable bonds is 7. The number of hydrogen-bond donors (Lipinski definition) is 0. The molecule has 0 amide bonds. The molecule has 3 rings (SSSR count). The topological polar surface area (TPSA) is 17.8 Å². The lowest BCUT2D eigenvalue weighted by atomic mass is 10.1. The van der Waals surface area contributed by atoms with Crippen molar-refractivity contribution < 1.29 is 0 Å². The van der Waals surface area contributed by atoms with Crippen molar-refractivity contribution in [1.82, 2.24) is 9.55 Å². The normalized spacial score (nSPS) is 12.3. The molecular weight excluding hydrogens is 439 g/mol. The van der Waals surface area contributed by atoms with Crippen LogP contribution in [0.1, 0.15) is 12.0 Å². The fourth-order valence-electron chi connectivity index (χ4n) is 2.55. The summed E-state index contributed by atoms with van der Waals surface area (Å²) in [6.07, 6.45) is 7.70. The summed E-state index contributed by atoms with van der Waals surface area (Å²) in [6.45, 7) is 0.879. The van der Waals surface area contributed by atoms with Crippen LogP contribution in [0.15, 0.2) is 70.6 Å². The van der Waals surface area contributed by atoms with Crippen LogP contribution in [0, 0.1) is 0 Å². The lowest BCUT2D eigenvalue weighted by Gasteiger charge is -2.18. The summed E-state index contributed by atoms with van der Waals surface area (Å²) in [4.78, 5) is 5.17. The molecule has 0 fully saturated rings. The van der Waals surface area contributed by atoms with Crippen LogP contribution in [0.25, 0.3) is 0 Å². The number of imidazole rings is 1. The van der Waals surface area contributed by atoms with Crippen molar-refractivity contribution in [3.8, 4) is 0 Å². The van der Waals surface area contributed by atoms with E-state index in [-0.39, 0.29) is 0 Å². The Hall–Kier alpha value is -0.940. The van der Waals surface area contributed by atoms with Gasteiger partial charge >= 0.3 is 0 Å². The van der Waals surface area contributed by atoms with Gasteiger partial charge in [-0.1, -0.05) is 57.3 Å². The van der Waals surface area contributed by atoms with Gasteiger partial charge in [0.2, 0.25) is 0 Å². The van der Waals surface area contributed by atoms with E-state index in [0.717, 1.165) is 28.8 Å². The zero-order valence-corrected chi connectivity index (χ0v) is 17.3. The molecule has 0 aliphatic carbocycles. The van der Waals surface area contributed by atoms with E-state index in [2.05, 4.69) is 49.7 Å². The molecule has 0 bridgehead atoms. The van der Waals surface area contributed by atoms with Crippen LogP contribution in [-0.4, -0.2) is 14.8 Å². The minimum absolute atomic E-state index is 0.369. The average molecular weight is 456 g/mol. The Kier molecular flexibility index (Phi) is 6.88. The molecule has 0 spiro atoms. The first-order valence-electron chi connectivity index (χ1n) is 7.92. The number of halogens is 3. The van der Waals surface area contributed by atoms with Gasteiger partial charge in [-0.2, -0.15) is 0 Å². The Labute approximate surface area is 170 Å². The zero-order valence-electron chi connectivity index (χ0n) is 13.4. The van der Waals surface area contributed by atoms with E-state index in [1.54, 1.807) is 11.8 Å². The first-order valence-corrected chi connectivity index (χ1v) is 10.4. The van der Waals surface area contributed by atoms with E-state index in [1.807, 2.05) is 36.9 Å². The third-order valence-corrected chi connectivity index (χ3v) is 6.62. The van der Waals surface area contributed by atoms with Gasteiger partial charge in [-0.15, -0.1) is 11.8 Å². The molecule has 6 heteroatoms. The van der Waals surface area contributed by atoms with Crippen LogP contribution < -0.4 is 0 Å². The minimum atomic E-state index is 0.369.